The smallest absolute Gasteiger partial charge is 0.0645 e. The van der Waals surface area contributed by atoms with Crippen molar-refractivity contribution >= 4 is 6.08 Å². The molecule has 0 radical (unpaired) electrons. The fourth-order valence-corrected chi connectivity index (χ4v) is 2.92. The van der Waals surface area contributed by atoms with E-state index in [2.05, 4.69) is 47.8 Å². The highest BCUT2D eigenvalue weighted by Gasteiger charge is 2.17. The van der Waals surface area contributed by atoms with Crippen LogP contribution in [0.3, 0.4) is 0 Å². The Morgan fingerprint density at radius 2 is 2.19 bits per heavy atom. The molecule has 0 aliphatic carbocycles. The first kappa shape index (κ1) is 14.1. The predicted octanol–water partition coefficient (Wildman–Crippen LogP) is 3.66. The molecule has 3 rings (SSSR count). The van der Waals surface area contributed by atoms with Crippen LogP contribution in [0, 0.1) is 5.92 Å². The van der Waals surface area contributed by atoms with E-state index in [1.807, 2.05) is 29.1 Å². The maximum absolute atomic E-state index is 4.43. The Hall–Kier alpha value is -1.87. The molecule has 1 aromatic carbocycles. The molecule has 2 unspecified atom stereocenters. The number of aromatic nitrogens is 2. The molecule has 21 heavy (non-hydrogen) atoms. The highest BCUT2D eigenvalue weighted by molar-refractivity contribution is 5.49. The maximum atomic E-state index is 4.43. The fourth-order valence-electron chi connectivity index (χ4n) is 2.92. The number of nitrogens with one attached hydrogen (secondary N) is 1. The zero-order valence-corrected chi connectivity index (χ0v) is 12.6. The SMILES string of the molecule is CCC1CCNC(/C=C/c2cnn(-c3ccccc3)c2)C1. The molecular formula is C18H23N3. The van der Waals surface area contributed by atoms with Crippen LogP contribution in [-0.4, -0.2) is 22.4 Å². The summed E-state index contributed by atoms with van der Waals surface area (Å²) in [5.41, 5.74) is 2.25. The Bertz CT molecular complexity index is 586. The monoisotopic (exact) mass is 281 g/mol. The lowest BCUT2D eigenvalue weighted by atomic mass is 9.90. The first-order chi connectivity index (χ1) is 10.3. The Labute approximate surface area is 126 Å². The first-order valence-corrected chi connectivity index (χ1v) is 7.87. The standard InChI is InChI=1S/C18H23N3/c1-2-15-10-11-19-17(12-15)9-8-16-13-20-21(14-16)18-6-4-3-5-7-18/h3-9,13-15,17,19H,2,10-12H2,1H3/b9-8+. The van der Waals surface area contributed by atoms with Gasteiger partial charge in [-0.1, -0.05) is 43.7 Å². The highest BCUT2D eigenvalue weighted by atomic mass is 15.3. The summed E-state index contributed by atoms with van der Waals surface area (Å²) in [5.74, 6) is 0.868. The van der Waals surface area contributed by atoms with E-state index < -0.39 is 0 Å². The van der Waals surface area contributed by atoms with Crippen molar-refractivity contribution in [2.45, 2.75) is 32.2 Å². The van der Waals surface area contributed by atoms with Crippen molar-refractivity contribution in [1.82, 2.24) is 15.1 Å². The van der Waals surface area contributed by atoms with Crippen LogP contribution in [0.1, 0.15) is 31.7 Å². The van der Waals surface area contributed by atoms with E-state index in [9.17, 15) is 0 Å². The number of hydrogen-bond acceptors (Lipinski definition) is 2. The molecule has 0 spiro atoms. The van der Waals surface area contributed by atoms with Crippen LogP contribution in [-0.2, 0) is 0 Å². The van der Waals surface area contributed by atoms with Crippen molar-refractivity contribution in [3.8, 4) is 5.69 Å². The Morgan fingerprint density at radius 1 is 1.33 bits per heavy atom. The van der Waals surface area contributed by atoms with Crippen molar-refractivity contribution in [3.63, 3.8) is 0 Å². The summed E-state index contributed by atoms with van der Waals surface area (Å²) in [6.07, 6.45) is 12.3. The number of hydrogen-bond donors (Lipinski definition) is 1. The summed E-state index contributed by atoms with van der Waals surface area (Å²) in [5, 5.41) is 8.00. The highest BCUT2D eigenvalue weighted by Crippen LogP contribution is 2.20. The lowest BCUT2D eigenvalue weighted by molar-refractivity contribution is 0.326. The van der Waals surface area contributed by atoms with E-state index in [0.717, 1.165) is 23.7 Å². The van der Waals surface area contributed by atoms with Crippen LogP contribution in [0.4, 0.5) is 0 Å². The van der Waals surface area contributed by atoms with Gasteiger partial charge in [-0.15, -0.1) is 0 Å². The van der Waals surface area contributed by atoms with Gasteiger partial charge in [0.15, 0.2) is 0 Å². The average molecular weight is 281 g/mol. The average Bonchev–Trinajstić information content (AvgIpc) is 3.03. The Kier molecular flexibility index (Phi) is 4.51. The van der Waals surface area contributed by atoms with Gasteiger partial charge >= 0.3 is 0 Å². The molecule has 1 fully saturated rings. The zero-order chi connectivity index (χ0) is 14.5. The van der Waals surface area contributed by atoms with E-state index in [1.54, 1.807) is 0 Å². The third-order valence-corrected chi connectivity index (χ3v) is 4.27. The van der Waals surface area contributed by atoms with Crippen LogP contribution in [0.5, 0.6) is 0 Å². The van der Waals surface area contributed by atoms with Gasteiger partial charge in [0.25, 0.3) is 0 Å². The topological polar surface area (TPSA) is 29.9 Å². The van der Waals surface area contributed by atoms with E-state index in [1.165, 1.54) is 19.3 Å². The number of para-hydroxylation sites is 1. The van der Waals surface area contributed by atoms with Gasteiger partial charge in [0.1, 0.15) is 0 Å². The van der Waals surface area contributed by atoms with Crippen LogP contribution in [0.2, 0.25) is 0 Å². The minimum Gasteiger partial charge on any atom is -0.310 e. The second-order valence-corrected chi connectivity index (χ2v) is 5.77. The molecule has 1 aliphatic heterocycles. The largest absolute Gasteiger partial charge is 0.310 e. The quantitative estimate of drug-likeness (QED) is 0.927. The van der Waals surface area contributed by atoms with Gasteiger partial charge < -0.3 is 5.32 Å². The Balaban J connectivity index is 1.65. The minimum absolute atomic E-state index is 0.503. The van der Waals surface area contributed by atoms with Gasteiger partial charge in [-0.05, 0) is 37.4 Å². The molecule has 0 saturated carbocycles. The van der Waals surface area contributed by atoms with E-state index >= 15 is 0 Å². The van der Waals surface area contributed by atoms with Crippen molar-refractivity contribution in [1.29, 1.82) is 0 Å². The summed E-state index contributed by atoms with van der Waals surface area (Å²) >= 11 is 0. The molecule has 3 heteroatoms. The van der Waals surface area contributed by atoms with Gasteiger partial charge in [-0.3, -0.25) is 0 Å². The second-order valence-electron chi connectivity index (χ2n) is 5.77. The molecule has 3 nitrogen and oxygen atoms in total. The molecule has 2 atom stereocenters. The summed E-state index contributed by atoms with van der Waals surface area (Å²) in [6.45, 7) is 3.43. The lowest BCUT2D eigenvalue weighted by Gasteiger charge is -2.27. The van der Waals surface area contributed by atoms with Crippen LogP contribution >= 0.6 is 0 Å². The summed E-state index contributed by atoms with van der Waals surface area (Å²) in [4.78, 5) is 0. The van der Waals surface area contributed by atoms with Gasteiger partial charge in [0.05, 0.1) is 11.9 Å². The maximum Gasteiger partial charge on any atom is 0.0645 e. The predicted molar refractivity (Wildman–Crippen MR) is 87.4 cm³/mol. The van der Waals surface area contributed by atoms with Crippen molar-refractivity contribution in [3.05, 3.63) is 54.4 Å². The van der Waals surface area contributed by atoms with Gasteiger partial charge in [-0.25, -0.2) is 4.68 Å². The molecule has 1 saturated heterocycles. The van der Waals surface area contributed by atoms with Crippen LogP contribution in [0.15, 0.2) is 48.8 Å². The van der Waals surface area contributed by atoms with Gasteiger partial charge in [-0.2, -0.15) is 5.10 Å². The molecule has 1 aliphatic rings. The fraction of sp³-hybridized carbons (Fsp3) is 0.389. The van der Waals surface area contributed by atoms with E-state index in [0.29, 0.717) is 6.04 Å². The number of rotatable bonds is 4. The van der Waals surface area contributed by atoms with Crippen molar-refractivity contribution < 1.29 is 0 Å². The number of benzene rings is 1. The lowest BCUT2D eigenvalue weighted by Crippen LogP contribution is -2.36. The summed E-state index contributed by atoms with van der Waals surface area (Å²) in [6, 6.07) is 10.7. The first-order valence-electron chi connectivity index (χ1n) is 7.87. The van der Waals surface area contributed by atoms with Crippen LogP contribution in [0.25, 0.3) is 11.8 Å². The molecule has 0 amide bonds. The molecule has 2 aromatic rings. The van der Waals surface area contributed by atoms with Crippen LogP contribution < -0.4 is 5.32 Å². The molecular weight excluding hydrogens is 258 g/mol. The van der Waals surface area contributed by atoms with Crippen molar-refractivity contribution in [2.75, 3.05) is 6.54 Å². The van der Waals surface area contributed by atoms with Gasteiger partial charge in [0, 0.05) is 17.8 Å². The molecule has 2 heterocycles. The minimum atomic E-state index is 0.503. The molecule has 1 N–H and O–H groups in total. The molecule has 0 bridgehead atoms. The summed E-state index contributed by atoms with van der Waals surface area (Å²) < 4.78 is 1.92. The third kappa shape index (κ3) is 3.61. The van der Waals surface area contributed by atoms with Crippen molar-refractivity contribution in [2.24, 2.45) is 5.92 Å². The third-order valence-electron chi connectivity index (χ3n) is 4.27. The summed E-state index contributed by atoms with van der Waals surface area (Å²) in [7, 11) is 0. The normalized spacial score (nSPS) is 22.7. The second kappa shape index (κ2) is 6.72. The zero-order valence-electron chi connectivity index (χ0n) is 12.6. The van der Waals surface area contributed by atoms with Gasteiger partial charge in [0.2, 0.25) is 0 Å². The number of nitrogens with zero attached hydrogens (tertiary/aromatic N) is 2. The molecule has 110 valence electrons. The molecule has 1 aromatic heterocycles. The van der Waals surface area contributed by atoms with E-state index in [-0.39, 0.29) is 0 Å². The van der Waals surface area contributed by atoms with E-state index in [4.69, 9.17) is 0 Å². The number of piperidine rings is 1. The Morgan fingerprint density at radius 3 is 3.00 bits per heavy atom.